The maximum atomic E-state index is 12.5. The molecule has 0 spiro atoms. The van der Waals surface area contributed by atoms with Gasteiger partial charge in [-0.25, -0.2) is 13.1 Å². The molecule has 1 amide bonds. The summed E-state index contributed by atoms with van der Waals surface area (Å²) >= 11 is 0. The molecule has 0 aliphatic carbocycles. The maximum Gasteiger partial charge on any atom is 0.240 e. The van der Waals surface area contributed by atoms with E-state index in [9.17, 15) is 13.2 Å². The van der Waals surface area contributed by atoms with E-state index in [1.54, 1.807) is 11.0 Å². The Balaban J connectivity index is 2.35. The Morgan fingerprint density at radius 3 is 2.70 bits per heavy atom. The molecule has 0 saturated carbocycles. The summed E-state index contributed by atoms with van der Waals surface area (Å²) in [4.78, 5) is 13.7. The molecule has 1 fully saturated rings. The highest BCUT2D eigenvalue weighted by molar-refractivity contribution is 7.89. The monoisotopic (exact) mass is 340 g/mol. The van der Waals surface area contributed by atoms with E-state index >= 15 is 0 Å². The summed E-state index contributed by atoms with van der Waals surface area (Å²) < 4.78 is 33.0. The van der Waals surface area contributed by atoms with Crippen molar-refractivity contribution in [2.75, 3.05) is 18.6 Å². The highest BCUT2D eigenvalue weighted by Gasteiger charge is 2.27. The van der Waals surface area contributed by atoms with Crippen LogP contribution in [0.3, 0.4) is 0 Å². The number of nitrogens with zero attached hydrogens (tertiary/aromatic N) is 1. The van der Waals surface area contributed by atoms with Crippen molar-refractivity contribution in [2.45, 2.75) is 50.5 Å². The van der Waals surface area contributed by atoms with Gasteiger partial charge in [0.25, 0.3) is 0 Å². The topological polar surface area (TPSA) is 75.7 Å². The van der Waals surface area contributed by atoms with Crippen LogP contribution in [0.2, 0.25) is 0 Å². The number of hydrogen-bond acceptors (Lipinski definition) is 4. The van der Waals surface area contributed by atoms with Gasteiger partial charge in [0.2, 0.25) is 15.9 Å². The summed E-state index contributed by atoms with van der Waals surface area (Å²) in [6.07, 6.45) is 2.92. The molecular formula is C16H24N2O4S. The molecule has 1 aliphatic rings. The first-order valence-corrected chi connectivity index (χ1v) is 9.38. The van der Waals surface area contributed by atoms with Crippen LogP contribution in [0.15, 0.2) is 23.1 Å². The minimum absolute atomic E-state index is 0.00911. The van der Waals surface area contributed by atoms with Gasteiger partial charge < -0.3 is 9.64 Å². The second-order valence-corrected chi connectivity index (χ2v) is 7.51. The minimum Gasteiger partial charge on any atom is -0.495 e. The molecule has 1 heterocycles. The Kier molecular flexibility index (Phi) is 5.64. The molecule has 1 aromatic rings. The second kappa shape index (κ2) is 7.31. The Hall–Kier alpha value is -1.60. The molecule has 1 aromatic carbocycles. The number of hydrogen-bond donors (Lipinski definition) is 1. The number of sulfonamides is 1. The van der Waals surface area contributed by atoms with Crippen LogP contribution in [-0.4, -0.2) is 34.0 Å². The van der Waals surface area contributed by atoms with Crippen molar-refractivity contribution in [3.63, 3.8) is 0 Å². The van der Waals surface area contributed by atoms with E-state index in [0.29, 0.717) is 24.4 Å². The lowest BCUT2D eigenvalue weighted by Gasteiger charge is -2.20. The van der Waals surface area contributed by atoms with Crippen LogP contribution in [0.5, 0.6) is 5.75 Å². The van der Waals surface area contributed by atoms with Crippen molar-refractivity contribution in [1.82, 2.24) is 4.72 Å². The third-order valence-electron chi connectivity index (χ3n) is 3.90. The van der Waals surface area contributed by atoms with Crippen molar-refractivity contribution in [1.29, 1.82) is 0 Å². The summed E-state index contributed by atoms with van der Waals surface area (Å²) in [6, 6.07) is 4.48. The fourth-order valence-electron chi connectivity index (χ4n) is 2.78. The van der Waals surface area contributed by atoms with Gasteiger partial charge in [-0.2, -0.15) is 0 Å². The summed E-state index contributed by atoms with van der Waals surface area (Å²) in [5.74, 6) is 0.492. The number of carbonyl (C=O) groups is 1. The van der Waals surface area contributed by atoms with Crippen LogP contribution in [0.1, 0.15) is 39.5 Å². The molecule has 7 heteroatoms. The van der Waals surface area contributed by atoms with Crippen molar-refractivity contribution in [3.8, 4) is 5.75 Å². The lowest BCUT2D eigenvalue weighted by Crippen LogP contribution is -2.32. The van der Waals surface area contributed by atoms with Gasteiger partial charge in [-0.15, -0.1) is 0 Å². The SMILES string of the molecule is CCCC(C)NS(=O)(=O)c1ccc(OC)c(N2CCCC2=O)c1. The average Bonchev–Trinajstić information content (AvgIpc) is 2.92. The fourth-order valence-corrected chi connectivity index (χ4v) is 4.07. The quantitative estimate of drug-likeness (QED) is 0.826. The number of amides is 1. The molecular weight excluding hydrogens is 316 g/mol. The van der Waals surface area contributed by atoms with Gasteiger partial charge in [0, 0.05) is 19.0 Å². The third-order valence-corrected chi connectivity index (χ3v) is 5.49. The summed E-state index contributed by atoms with van der Waals surface area (Å²) in [5.41, 5.74) is 0.515. The average molecular weight is 340 g/mol. The largest absolute Gasteiger partial charge is 0.495 e. The first-order valence-electron chi connectivity index (χ1n) is 7.89. The van der Waals surface area contributed by atoms with Gasteiger partial charge in [-0.3, -0.25) is 4.79 Å². The molecule has 1 unspecified atom stereocenters. The summed E-state index contributed by atoms with van der Waals surface area (Å²) in [6.45, 7) is 4.43. The molecule has 1 saturated heterocycles. The van der Waals surface area contributed by atoms with Gasteiger partial charge in [0.05, 0.1) is 17.7 Å². The standard InChI is InChI=1S/C16H24N2O4S/c1-4-6-12(2)17-23(20,21)13-8-9-15(22-3)14(11-13)18-10-5-7-16(18)19/h8-9,11-12,17H,4-7,10H2,1-3H3. The van der Waals surface area contributed by atoms with Crippen LogP contribution >= 0.6 is 0 Å². The molecule has 0 bridgehead atoms. The number of carbonyl (C=O) groups excluding carboxylic acids is 1. The Bertz CT molecular complexity index is 673. The Morgan fingerprint density at radius 1 is 1.39 bits per heavy atom. The van der Waals surface area contributed by atoms with Crippen molar-refractivity contribution < 1.29 is 17.9 Å². The number of nitrogens with one attached hydrogen (secondary N) is 1. The molecule has 6 nitrogen and oxygen atoms in total. The summed E-state index contributed by atoms with van der Waals surface area (Å²) in [7, 11) is -2.11. The number of anilines is 1. The first kappa shape index (κ1) is 17.7. The van der Waals surface area contributed by atoms with E-state index in [1.807, 2.05) is 13.8 Å². The lowest BCUT2D eigenvalue weighted by molar-refractivity contribution is -0.117. The van der Waals surface area contributed by atoms with Gasteiger partial charge >= 0.3 is 0 Å². The number of methoxy groups -OCH3 is 1. The Morgan fingerprint density at radius 2 is 2.13 bits per heavy atom. The fraction of sp³-hybridized carbons (Fsp3) is 0.562. The number of ether oxygens (including phenoxy) is 1. The highest BCUT2D eigenvalue weighted by Crippen LogP contribution is 2.33. The van der Waals surface area contributed by atoms with E-state index < -0.39 is 10.0 Å². The predicted molar refractivity (Wildman–Crippen MR) is 89.3 cm³/mol. The lowest BCUT2D eigenvalue weighted by atomic mass is 10.2. The molecule has 128 valence electrons. The van der Waals surface area contributed by atoms with Crippen LogP contribution in [0.4, 0.5) is 5.69 Å². The zero-order valence-electron chi connectivity index (χ0n) is 13.8. The van der Waals surface area contributed by atoms with E-state index in [-0.39, 0.29) is 16.8 Å². The van der Waals surface area contributed by atoms with Crippen molar-refractivity contribution in [3.05, 3.63) is 18.2 Å². The maximum absolute atomic E-state index is 12.5. The second-order valence-electron chi connectivity index (χ2n) is 5.79. The molecule has 1 atom stereocenters. The van der Waals surface area contributed by atoms with E-state index in [0.717, 1.165) is 19.3 Å². The molecule has 0 radical (unpaired) electrons. The zero-order chi connectivity index (χ0) is 17.0. The third kappa shape index (κ3) is 4.03. The molecule has 1 N–H and O–H groups in total. The van der Waals surface area contributed by atoms with E-state index in [2.05, 4.69) is 4.72 Å². The van der Waals surface area contributed by atoms with Crippen molar-refractivity contribution >= 4 is 21.6 Å². The normalized spacial score (nSPS) is 16.7. The van der Waals surface area contributed by atoms with Crippen LogP contribution in [0.25, 0.3) is 0 Å². The molecule has 0 aromatic heterocycles. The number of benzene rings is 1. The van der Waals surface area contributed by atoms with E-state index in [4.69, 9.17) is 4.74 Å². The van der Waals surface area contributed by atoms with Gasteiger partial charge in [0.15, 0.2) is 0 Å². The molecule has 2 rings (SSSR count). The van der Waals surface area contributed by atoms with E-state index in [1.165, 1.54) is 19.2 Å². The van der Waals surface area contributed by atoms with Gasteiger partial charge in [-0.05, 0) is 38.0 Å². The Labute approximate surface area is 137 Å². The first-order chi connectivity index (χ1) is 10.9. The highest BCUT2D eigenvalue weighted by atomic mass is 32.2. The number of rotatable bonds is 7. The van der Waals surface area contributed by atoms with Gasteiger partial charge in [0.1, 0.15) is 5.75 Å². The molecule has 23 heavy (non-hydrogen) atoms. The van der Waals surface area contributed by atoms with Crippen molar-refractivity contribution in [2.24, 2.45) is 0 Å². The predicted octanol–water partition coefficient (Wildman–Crippen LogP) is 2.29. The van der Waals surface area contributed by atoms with Crippen LogP contribution < -0.4 is 14.4 Å². The minimum atomic E-state index is -3.62. The zero-order valence-corrected chi connectivity index (χ0v) is 14.6. The molecule has 1 aliphatic heterocycles. The smallest absolute Gasteiger partial charge is 0.240 e. The summed E-state index contributed by atoms with van der Waals surface area (Å²) in [5, 5.41) is 0. The van der Waals surface area contributed by atoms with Gasteiger partial charge in [-0.1, -0.05) is 13.3 Å². The van der Waals surface area contributed by atoms with Crippen LogP contribution in [0, 0.1) is 0 Å². The van der Waals surface area contributed by atoms with Crippen LogP contribution in [-0.2, 0) is 14.8 Å².